The molecule has 120 valence electrons. The predicted octanol–water partition coefficient (Wildman–Crippen LogP) is 5.08. The fraction of sp³-hybridized carbons (Fsp3) is 0.944. The Kier molecular flexibility index (Phi) is 6.47. The summed E-state index contributed by atoms with van der Waals surface area (Å²) >= 11 is 0. The Morgan fingerprint density at radius 2 is 1.20 bits per heavy atom. The highest BCUT2D eigenvalue weighted by molar-refractivity contribution is 5.60. The molecule has 0 rings (SSSR count). The lowest BCUT2D eigenvalue weighted by Crippen LogP contribution is -2.43. The lowest BCUT2D eigenvalue weighted by Gasteiger charge is -2.33. The maximum atomic E-state index is 4.75. The summed E-state index contributed by atoms with van der Waals surface area (Å²) in [6, 6.07) is 0. The smallest absolute Gasteiger partial charge is 0.0553 e. The second-order valence-corrected chi connectivity index (χ2v) is 9.86. The number of rotatable bonds is 6. The van der Waals surface area contributed by atoms with E-state index in [0.717, 1.165) is 19.4 Å². The molecule has 0 atom stereocenters. The molecule has 2 nitrogen and oxygen atoms in total. The molecular weight excluding hydrogens is 244 g/mol. The monoisotopic (exact) mass is 282 g/mol. The van der Waals surface area contributed by atoms with Gasteiger partial charge in [0, 0.05) is 18.3 Å². The van der Waals surface area contributed by atoms with Gasteiger partial charge in [0.05, 0.1) is 5.54 Å². The first-order valence-electron chi connectivity index (χ1n) is 7.91. The van der Waals surface area contributed by atoms with E-state index in [0.29, 0.717) is 10.8 Å². The molecule has 0 aromatic rings. The zero-order chi connectivity index (χ0) is 16.2. The second-order valence-electron chi connectivity index (χ2n) is 9.86. The van der Waals surface area contributed by atoms with Crippen molar-refractivity contribution in [3.8, 4) is 0 Å². The number of hydrogen-bond donors (Lipinski definition) is 1. The van der Waals surface area contributed by atoms with Crippen molar-refractivity contribution in [3.05, 3.63) is 0 Å². The van der Waals surface area contributed by atoms with Crippen molar-refractivity contribution in [2.24, 2.45) is 15.8 Å². The van der Waals surface area contributed by atoms with Crippen LogP contribution in [-0.2, 0) is 0 Å². The van der Waals surface area contributed by atoms with E-state index in [-0.39, 0.29) is 11.1 Å². The van der Waals surface area contributed by atoms with Crippen LogP contribution < -0.4 is 5.32 Å². The first-order valence-corrected chi connectivity index (χ1v) is 7.91. The topological polar surface area (TPSA) is 24.4 Å². The first kappa shape index (κ1) is 19.6. The van der Waals surface area contributed by atoms with E-state index in [4.69, 9.17) is 4.99 Å². The van der Waals surface area contributed by atoms with Gasteiger partial charge < -0.3 is 5.32 Å². The summed E-state index contributed by atoms with van der Waals surface area (Å²) in [6.07, 6.45) is 4.30. The van der Waals surface area contributed by atoms with Crippen LogP contribution in [0.25, 0.3) is 0 Å². The van der Waals surface area contributed by atoms with Gasteiger partial charge in [-0.05, 0) is 51.4 Å². The van der Waals surface area contributed by atoms with Crippen molar-refractivity contribution in [2.75, 3.05) is 6.54 Å². The molecular formula is C18H38N2. The van der Waals surface area contributed by atoms with Gasteiger partial charge in [-0.15, -0.1) is 0 Å². The third kappa shape index (κ3) is 11.5. The molecule has 1 N–H and O–H groups in total. The van der Waals surface area contributed by atoms with E-state index < -0.39 is 0 Å². The van der Waals surface area contributed by atoms with Crippen LogP contribution in [0.15, 0.2) is 4.99 Å². The largest absolute Gasteiger partial charge is 0.307 e. The summed E-state index contributed by atoms with van der Waals surface area (Å²) in [4.78, 5) is 4.75. The lowest BCUT2D eigenvalue weighted by atomic mass is 9.81. The zero-order valence-corrected chi connectivity index (χ0v) is 15.6. The van der Waals surface area contributed by atoms with Crippen LogP contribution in [0.2, 0.25) is 0 Å². The minimum Gasteiger partial charge on any atom is -0.307 e. The second kappa shape index (κ2) is 6.60. The molecule has 0 aromatic heterocycles. The highest BCUT2D eigenvalue weighted by Gasteiger charge is 2.25. The van der Waals surface area contributed by atoms with E-state index in [1.807, 2.05) is 0 Å². The molecule has 0 saturated heterocycles. The Balaban J connectivity index is 4.32. The Bertz CT molecular complexity index is 311. The normalized spacial score (nSPS) is 15.1. The van der Waals surface area contributed by atoms with Crippen LogP contribution in [0.4, 0.5) is 0 Å². The summed E-state index contributed by atoms with van der Waals surface area (Å²) in [5.41, 5.74) is 0.839. The molecule has 0 heterocycles. The maximum absolute atomic E-state index is 4.75. The maximum Gasteiger partial charge on any atom is 0.0553 e. The lowest BCUT2D eigenvalue weighted by molar-refractivity contribution is 0.250. The van der Waals surface area contributed by atoms with Gasteiger partial charge in [0.15, 0.2) is 0 Å². The molecule has 0 aliphatic carbocycles. The molecule has 20 heavy (non-hydrogen) atoms. The standard InChI is InChI=1S/C18H38N2/c1-15(2,3)13-17(7,8)19-11-12-20-18(9,10)14-16(4,5)6/h11,20H,12-14H2,1-10H3. The molecule has 0 unspecified atom stereocenters. The number of hydrogen-bond acceptors (Lipinski definition) is 2. The third-order valence-corrected chi connectivity index (χ3v) is 3.05. The highest BCUT2D eigenvalue weighted by atomic mass is 15.0. The quantitative estimate of drug-likeness (QED) is 0.675. The molecule has 0 fully saturated rings. The third-order valence-electron chi connectivity index (χ3n) is 3.05. The highest BCUT2D eigenvalue weighted by Crippen LogP contribution is 2.29. The average molecular weight is 283 g/mol. The van der Waals surface area contributed by atoms with Gasteiger partial charge in [-0.3, -0.25) is 4.99 Å². The van der Waals surface area contributed by atoms with Gasteiger partial charge in [-0.2, -0.15) is 0 Å². The average Bonchev–Trinajstić information content (AvgIpc) is 2.04. The van der Waals surface area contributed by atoms with Gasteiger partial charge in [0.2, 0.25) is 0 Å². The molecule has 0 aliphatic heterocycles. The van der Waals surface area contributed by atoms with E-state index >= 15 is 0 Å². The van der Waals surface area contributed by atoms with E-state index in [2.05, 4.69) is 80.8 Å². The minimum absolute atomic E-state index is 0.0219. The fourth-order valence-corrected chi connectivity index (χ4v) is 3.35. The SMILES string of the molecule is CC(C)(C)CC(C)(C)N=CCNC(C)(C)CC(C)(C)C. The molecule has 0 saturated carbocycles. The Morgan fingerprint density at radius 3 is 1.60 bits per heavy atom. The van der Waals surface area contributed by atoms with Crippen LogP contribution >= 0.6 is 0 Å². The fourth-order valence-electron chi connectivity index (χ4n) is 3.35. The van der Waals surface area contributed by atoms with Crippen LogP contribution in [-0.4, -0.2) is 23.8 Å². The predicted molar refractivity (Wildman–Crippen MR) is 92.8 cm³/mol. The van der Waals surface area contributed by atoms with Crippen molar-refractivity contribution < 1.29 is 0 Å². The minimum atomic E-state index is 0.0219. The summed E-state index contributed by atoms with van der Waals surface area (Å²) in [5, 5.41) is 3.60. The number of aliphatic imine (C=N–C) groups is 1. The van der Waals surface area contributed by atoms with Crippen LogP contribution in [0, 0.1) is 10.8 Å². The summed E-state index contributed by atoms with van der Waals surface area (Å²) in [6.45, 7) is 23.5. The van der Waals surface area contributed by atoms with E-state index in [1.54, 1.807) is 0 Å². The molecule has 0 radical (unpaired) electrons. The summed E-state index contributed by atoms with van der Waals surface area (Å²) < 4.78 is 0. The molecule has 0 bridgehead atoms. The Labute approximate surface area is 127 Å². The molecule has 0 aromatic carbocycles. The Hall–Kier alpha value is -0.370. The van der Waals surface area contributed by atoms with E-state index in [9.17, 15) is 0 Å². The van der Waals surface area contributed by atoms with Gasteiger partial charge in [-0.25, -0.2) is 0 Å². The molecule has 0 aliphatic rings. The zero-order valence-electron chi connectivity index (χ0n) is 15.6. The summed E-state index contributed by atoms with van der Waals surface area (Å²) in [5.74, 6) is 0. The van der Waals surface area contributed by atoms with Gasteiger partial charge >= 0.3 is 0 Å². The van der Waals surface area contributed by atoms with Crippen molar-refractivity contribution in [1.29, 1.82) is 0 Å². The number of nitrogens with one attached hydrogen (secondary N) is 1. The van der Waals surface area contributed by atoms with Crippen LogP contribution in [0.1, 0.15) is 82.1 Å². The summed E-state index contributed by atoms with van der Waals surface area (Å²) in [7, 11) is 0. The van der Waals surface area contributed by atoms with Crippen LogP contribution in [0.3, 0.4) is 0 Å². The molecule has 2 heteroatoms. The van der Waals surface area contributed by atoms with Gasteiger partial charge in [0.1, 0.15) is 0 Å². The van der Waals surface area contributed by atoms with Crippen molar-refractivity contribution in [2.45, 2.75) is 93.2 Å². The molecule has 0 amide bonds. The Morgan fingerprint density at radius 1 is 0.750 bits per heavy atom. The van der Waals surface area contributed by atoms with Gasteiger partial charge in [-0.1, -0.05) is 41.5 Å². The van der Waals surface area contributed by atoms with Gasteiger partial charge in [0.25, 0.3) is 0 Å². The first-order chi connectivity index (χ1) is 8.62. The van der Waals surface area contributed by atoms with Crippen LogP contribution in [0.5, 0.6) is 0 Å². The van der Waals surface area contributed by atoms with Crippen molar-refractivity contribution in [3.63, 3.8) is 0 Å². The number of nitrogens with zero attached hydrogens (tertiary/aromatic N) is 1. The van der Waals surface area contributed by atoms with E-state index in [1.165, 1.54) is 0 Å². The van der Waals surface area contributed by atoms with Crippen molar-refractivity contribution >= 4 is 6.21 Å². The molecule has 0 spiro atoms. The van der Waals surface area contributed by atoms with Crippen molar-refractivity contribution in [1.82, 2.24) is 5.32 Å².